The molecule has 15 heavy (non-hydrogen) atoms. The first kappa shape index (κ1) is 8.55. The van der Waals surface area contributed by atoms with Crippen LogP contribution in [-0.4, -0.2) is 17.1 Å². The van der Waals surface area contributed by atoms with Gasteiger partial charge in [-0.2, -0.15) is 10.1 Å². The number of rotatable bonds is 1. The van der Waals surface area contributed by atoms with Crippen LogP contribution in [-0.2, 0) is 4.79 Å². The number of carbonyl (C=O) groups excluding carboxylic acids is 1. The lowest BCUT2D eigenvalue weighted by Gasteiger charge is -2.05. The minimum Gasteiger partial charge on any atom is -0.272 e. The molecule has 1 aliphatic rings. The number of nitrogens with zero attached hydrogens (tertiary/aromatic N) is 3. The molecule has 0 atom stereocenters. The van der Waals surface area contributed by atoms with Crippen molar-refractivity contribution in [3.8, 4) is 0 Å². The molecule has 3 rings (SSSR count). The van der Waals surface area contributed by atoms with Crippen LogP contribution in [0.15, 0.2) is 29.4 Å². The molecule has 1 aliphatic heterocycles. The van der Waals surface area contributed by atoms with Crippen molar-refractivity contribution < 1.29 is 4.79 Å². The van der Waals surface area contributed by atoms with Gasteiger partial charge in [0.25, 0.3) is 5.91 Å². The molecule has 0 aliphatic carbocycles. The second-order valence-electron chi connectivity index (χ2n) is 3.17. The lowest BCUT2D eigenvalue weighted by Crippen LogP contribution is -2.19. The van der Waals surface area contributed by atoms with E-state index in [2.05, 4.69) is 10.1 Å². The maximum atomic E-state index is 11.4. The standard InChI is InChI=1S/C10H7N3OS/c14-9-5-6-11-13(9)10-12-7-3-1-2-4-8(7)15-10/h1-4,6H,5H2. The summed E-state index contributed by atoms with van der Waals surface area (Å²) in [4.78, 5) is 15.8. The molecular formula is C10H7N3OS. The molecule has 1 aromatic heterocycles. The number of thiazole rings is 1. The molecule has 0 spiro atoms. The summed E-state index contributed by atoms with van der Waals surface area (Å²) in [6.07, 6.45) is 1.98. The van der Waals surface area contributed by atoms with Crippen molar-refractivity contribution in [1.82, 2.24) is 4.98 Å². The molecule has 0 radical (unpaired) electrons. The van der Waals surface area contributed by atoms with Gasteiger partial charge in [-0.3, -0.25) is 4.79 Å². The molecule has 0 saturated carbocycles. The average Bonchev–Trinajstić information content (AvgIpc) is 2.82. The predicted octanol–water partition coefficient (Wildman–Crippen LogP) is 2.02. The lowest BCUT2D eigenvalue weighted by molar-refractivity contribution is -0.116. The van der Waals surface area contributed by atoms with E-state index < -0.39 is 0 Å². The van der Waals surface area contributed by atoms with E-state index in [-0.39, 0.29) is 5.91 Å². The third-order valence-electron chi connectivity index (χ3n) is 2.16. The number of anilines is 1. The van der Waals surface area contributed by atoms with Crippen molar-refractivity contribution >= 4 is 38.8 Å². The van der Waals surface area contributed by atoms with Gasteiger partial charge in [-0.05, 0) is 12.1 Å². The topological polar surface area (TPSA) is 45.6 Å². The number of fused-ring (bicyclic) bond motifs is 1. The van der Waals surface area contributed by atoms with Crippen LogP contribution in [0.1, 0.15) is 6.42 Å². The SMILES string of the molecule is O=C1CC=NN1c1nc2ccccc2s1. The highest BCUT2D eigenvalue weighted by Crippen LogP contribution is 2.29. The predicted molar refractivity (Wildman–Crippen MR) is 60.2 cm³/mol. The fraction of sp³-hybridized carbons (Fsp3) is 0.100. The number of benzene rings is 1. The van der Waals surface area contributed by atoms with E-state index in [1.807, 2.05) is 24.3 Å². The first-order valence-electron chi connectivity index (χ1n) is 4.55. The molecule has 0 fully saturated rings. The number of hydrogen-bond acceptors (Lipinski definition) is 4. The van der Waals surface area contributed by atoms with Crippen molar-refractivity contribution in [3.05, 3.63) is 24.3 Å². The van der Waals surface area contributed by atoms with Crippen molar-refractivity contribution in [2.75, 3.05) is 5.01 Å². The quantitative estimate of drug-likeness (QED) is 0.733. The molecule has 1 amide bonds. The smallest absolute Gasteiger partial charge is 0.254 e. The third kappa shape index (κ3) is 1.32. The molecule has 1 aromatic carbocycles. The highest BCUT2D eigenvalue weighted by atomic mass is 32.1. The summed E-state index contributed by atoms with van der Waals surface area (Å²) in [5.74, 6) is -0.0194. The maximum absolute atomic E-state index is 11.4. The van der Waals surface area contributed by atoms with Gasteiger partial charge in [0, 0.05) is 6.21 Å². The van der Waals surface area contributed by atoms with Gasteiger partial charge in [0.1, 0.15) is 0 Å². The highest BCUT2D eigenvalue weighted by molar-refractivity contribution is 7.22. The largest absolute Gasteiger partial charge is 0.272 e. The van der Waals surface area contributed by atoms with Gasteiger partial charge in [0.05, 0.1) is 16.6 Å². The van der Waals surface area contributed by atoms with Gasteiger partial charge in [0.2, 0.25) is 5.13 Å². The van der Waals surface area contributed by atoms with E-state index in [0.717, 1.165) is 10.2 Å². The Labute approximate surface area is 89.8 Å². The average molecular weight is 217 g/mol. The van der Waals surface area contributed by atoms with Gasteiger partial charge < -0.3 is 0 Å². The van der Waals surface area contributed by atoms with Crippen molar-refractivity contribution in [2.45, 2.75) is 6.42 Å². The van der Waals surface area contributed by atoms with E-state index in [0.29, 0.717) is 11.6 Å². The van der Waals surface area contributed by atoms with Crippen LogP contribution in [0.25, 0.3) is 10.2 Å². The monoisotopic (exact) mass is 217 g/mol. The van der Waals surface area contributed by atoms with Crippen molar-refractivity contribution in [1.29, 1.82) is 0 Å². The van der Waals surface area contributed by atoms with Gasteiger partial charge in [0.15, 0.2) is 0 Å². The fourth-order valence-electron chi connectivity index (χ4n) is 1.46. The van der Waals surface area contributed by atoms with Gasteiger partial charge >= 0.3 is 0 Å². The van der Waals surface area contributed by atoms with E-state index in [9.17, 15) is 4.79 Å². The third-order valence-corrected chi connectivity index (χ3v) is 3.17. The number of amides is 1. The van der Waals surface area contributed by atoms with E-state index in [1.165, 1.54) is 16.3 Å². The van der Waals surface area contributed by atoms with Gasteiger partial charge in [-0.1, -0.05) is 23.5 Å². The Balaban J connectivity index is 2.12. The summed E-state index contributed by atoms with van der Waals surface area (Å²) in [6.45, 7) is 0. The van der Waals surface area contributed by atoms with Crippen LogP contribution in [0.5, 0.6) is 0 Å². The first-order valence-corrected chi connectivity index (χ1v) is 5.37. The van der Waals surface area contributed by atoms with E-state index in [4.69, 9.17) is 0 Å². The summed E-state index contributed by atoms with van der Waals surface area (Å²) in [6, 6.07) is 7.81. The Morgan fingerprint density at radius 3 is 2.93 bits per heavy atom. The van der Waals surface area contributed by atoms with Crippen LogP contribution in [0.2, 0.25) is 0 Å². The molecule has 0 bridgehead atoms. The molecule has 74 valence electrons. The number of hydrazone groups is 1. The van der Waals surface area contributed by atoms with Crippen LogP contribution >= 0.6 is 11.3 Å². The van der Waals surface area contributed by atoms with E-state index in [1.54, 1.807) is 6.21 Å². The summed E-state index contributed by atoms with van der Waals surface area (Å²) < 4.78 is 1.07. The van der Waals surface area contributed by atoms with Crippen LogP contribution in [0, 0.1) is 0 Å². The molecule has 5 heteroatoms. The maximum Gasteiger partial charge on any atom is 0.254 e. The summed E-state index contributed by atoms with van der Waals surface area (Å²) in [5.41, 5.74) is 0.910. The zero-order valence-corrected chi connectivity index (χ0v) is 8.57. The molecule has 2 heterocycles. The molecule has 4 nitrogen and oxygen atoms in total. The minimum atomic E-state index is -0.0194. The number of para-hydroxylation sites is 1. The summed E-state index contributed by atoms with van der Waals surface area (Å²) in [7, 11) is 0. The number of hydrogen-bond donors (Lipinski definition) is 0. The Bertz CT molecular complexity index is 528. The molecule has 0 N–H and O–H groups in total. The summed E-state index contributed by atoms with van der Waals surface area (Å²) in [5, 5.41) is 6.00. The van der Waals surface area contributed by atoms with Crippen molar-refractivity contribution in [3.63, 3.8) is 0 Å². The van der Waals surface area contributed by atoms with E-state index >= 15 is 0 Å². The lowest BCUT2D eigenvalue weighted by atomic mass is 10.3. The van der Waals surface area contributed by atoms with Crippen LogP contribution in [0.3, 0.4) is 0 Å². The normalized spacial score (nSPS) is 15.5. The Hall–Kier alpha value is -1.75. The van der Waals surface area contributed by atoms with Gasteiger partial charge in [-0.25, -0.2) is 4.98 Å². The summed E-state index contributed by atoms with van der Waals surface area (Å²) >= 11 is 1.48. The van der Waals surface area contributed by atoms with Crippen LogP contribution in [0.4, 0.5) is 5.13 Å². The Kier molecular flexibility index (Phi) is 1.78. The molecule has 0 saturated heterocycles. The molecule has 0 unspecified atom stereocenters. The first-order chi connectivity index (χ1) is 7.34. The zero-order valence-electron chi connectivity index (χ0n) is 7.75. The molecule has 2 aromatic rings. The second kappa shape index (κ2) is 3.13. The Morgan fingerprint density at radius 2 is 2.20 bits per heavy atom. The highest BCUT2D eigenvalue weighted by Gasteiger charge is 2.21. The number of aromatic nitrogens is 1. The Morgan fingerprint density at radius 1 is 1.33 bits per heavy atom. The van der Waals surface area contributed by atoms with Crippen LogP contribution < -0.4 is 5.01 Å². The second-order valence-corrected chi connectivity index (χ2v) is 4.18. The minimum absolute atomic E-state index is 0.0194. The van der Waals surface area contributed by atoms with Crippen molar-refractivity contribution in [2.24, 2.45) is 5.10 Å². The number of carbonyl (C=O) groups is 1. The fourth-order valence-corrected chi connectivity index (χ4v) is 2.40. The molecular weight excluding hydrogens is 210 g/mol. The zero-order chi connectivity index (χ0) is 10.3. The van der Waals surface area contributed by atoms with Gasteiger partial charge in [-0.15, -0.1) is 0 Å².